The van der Waals surface area contributed by atoms with Crippen molar-refractivity contribution in [2.75, 3.05) is 6.54 Å². The first-order valence-corrected chi connectivity index (χ1v) is 14.0. The highest BCUT2D eigenvalue weighted by molar-refractivity contribution is 7.90. The molecule has 0 saturated heterocycles. The van der Waals surface area contributed by atoms with E-state index in [2.05, 4.69) is 34.5 Å². The van der Waals surface area contributed by atoms with Crippen LogP contribution in [0.2, 0.25) is 0 Å². The van der Waals surface area contributed by atoms with E-state index in [9.17, 15) is 13.2 Å². The Labute approximate surface area is 218 Å². The van der Waals surface area contributed by atoms with Gasteiger partial charge in [-0.05, 0) is 75.1 Å². The number of carbonyl (C=O) groups is 1. The minimum atomic E-state index is -3.91. The van der Waals surface area contributed by atoms with Crippen LogP contribution in [0.3, 0.4) is 0 Å². The first-order valence-electron chi connectivity index (χ1n) is 12.5. The van der Waals surface area contributed by atoms with Crippen molar-refractivity contribution in [2.24, 2.45) is 0 Å². The van der Waals surface area contributed by atoms with Gasteiger partial charge in [-0.1, -0.05) is 43.2 Å². The number of sulfonamides is 1. The van der Waals surface area contributed by atoms with Crippen LogP contribution in [-0.4, -0.2) is 35.5 Å². The predicted molar refractivity (Wildman–Crippen MR) is 146 cm³/mol. The molecule has 2 amide bonds. The summed E-state index contributed by atoms with van der Waals surface area (Å²) in [5.74, 6) is 0.999. The number of nitrogens with one attached hydrogen (secondary N) is 2. The van der Waals surface area contributed by atoms with Crippen molar-refractivity contribution in [3.8, 4) is 5.69 Å². The summed E-state index contributed by atoms with van der Waals surface area (Å²) >= 11 is 0. The summed E-state index contributed by atoms with van der Waals surface area (Å²) in [6.45, 7) is 8.39. The number of unbranched alkanes of at least 4 members (excludes halogenated alkanes) is 1. The molecule has 0 saturated carbocycles. The lowest BCUT2D eigenvalue weighted by Gasteiger charge is -2.11. The number of urea groups is 1. The summed E-state index contributed by atoms with van der Waals surface area (Å²) in [6, 6.07) is 15.7. The van der Waals surface area contributed by atoms with Gasteiger partial charge in [0.2, 0.25) is 0 Å². The molecule has 0 bridgehead atoms. The van der Waals surface area contributed by atoms with Gasteiger partial charge in [0.1, 0.15) is 11.3 Å². The van der Waals surface area contributed by atoms with Gasteiger partial charge >= 0.3 is 6.03 Å². The Kier molecular flexibility index (Phi) is 7.92. The number of benzene rings is 2. The number of pyridine rings is 1. The smallest absolute Gasteiger partial charge is 0.328 e. The molecule has 0 radical (unpaired) electrons. The Bertz CT molecular complexity index is 1510. The van der Waals surface area contributed by atoms with Gasteiger partial charge in [0, 0.05) is 24.3 Å². The fourth-order valence-electron chi connectivity index (χ4n) is 4.25. The topological polar surface area (TPSA) is 106 Å². The summed E-state index contributed by atoms with van der Waals surface area (Å²) in [5.41, 5.74) is 6.81. The minimum absolute atomic E-state index is 0.0500. The van der Waals surface area contributed by atoms with Gasteiger partial charge in [-0.15, -0.1) is 0 Å². The van der Waals surface area contributed by atoms with Crippen LogP contribution in [0.1, 0.15) is 48.0 Å². The summed E-state index contributed by atoms with van der Waals surface area (Å²) in [4.78, 5) is 21.9. The van der Waals surface area contributed by atoms with E-state index in [-0.39, 0.29) is 4.90 Å². The van der Waals surface area contributed by atoms with Crippen molar-refractivity contribution in [2.45, 2.75) is 58.3 Å². The molecule has 4 rings (SSSR count). The highest BCUT2D eigenvalue weighted by Crippen LogP contribution is 2.24. The third-order valence-corrected chi connectivity index (χ3v) is 7.56. The molecule has 0 aliphatic rings. The SMILES string of the molecule is CCCCc1nc2c(C)cc(C)nc2n1-c1ccc(CCNC(=O)NS(=O)(=O)c2ccc(C)cc2)cc1. The average molecular weight is 520 g/mol. The van der Waals surface area contributed by atoms with E-state index in [1.807, 2.05) is 38.1 Å². The first-order chi connectivity index (χ1) is 17.7. The van der Waals surface area contributed by atoms with Gasteiger partial charge in [-0.3, -0.25) is 4.57 Å². The maximum absolute atomic E-state index is 12.4. The number of carbonyl (C=O) groups excluding carboxylic acids is 1. The van der Waals surface area contributed by atoms with Gasteiger partial charge < -0.3 is 5.32 Å². The summed E-state index contributed by atoms with van der Waals surface area (Å²) < 4.78 is 29.0. The van der Waals surface area contributed by atoms with Crippen LogP contribution in [0.25, 0.3) is 16.9 Å². The van der Waals surface area contributed by atoms with Crippen LogP contribution in [0, 0.1) is 20.8 Å². The average Bonchev–Trinajstić information content (AvgIpc) is 3.21. The standard InChI is InChI=1S/C28H33N5O3S/c1-5-6-7-25-31-26-20(3)18-21(4)30-27(26)33(25)23-12-10-22(11-13-23)16-17-29-28(34)32-37(35,36)24-14-8-19(2)9-15-24/h8-15,18H,5-7,16-17H2,1-4H3,(H2,29,32,34). The van der Waals surface area contributed by atoms with Gasteiger partial charge in [-0.2, -0.15) is 0 Å². The third-order valence-electron chi connectivity index (χ3n) is 6.21. The number of hydrogen-bond donors (Lipinski definition) is 2. The minimum Gasteiger partial charge on any atom is -0.337 e. The molecule has 37 heavy (non-hydrogen) atoms. The normalized spacial score (nSPS) is 11.6. The van der Waals surface area contributed by atoms with Crippen molar-refractivity contribution in [3.63, 3.8) is 0 Å². The number of fused-ring (bicyclic) bond motifs is 1. The maximum Gasteiger partial charge on any atom is 0.328 e. The first kappa shape index (κ1) is 26.3. The predicted octanol–water partition coefficient (Wildman–Crippen LogP) is 4.92. The quantitative estimate of drug-likeness (QED) is 0.327. The molecule has 0 unspecified atom stereocenters. The van der Waals surface area contributed by atoms with Gasteiger partial charge in [0.15, 0.2) is 5.65 Å². The molecular formula is C28H33N5O3S. The second-order valence-electron chi connectivity index (χ2n) is 9.31. The molecule has 0 aliphatic carbocycles. The monoisotopic (exact) mass is 519 g/mol. The summed E-state index contributed by atoms with van der Waals surface area (Å²) in [7, 11) is -3.91. The zero-order chi connectivity index (χ0) is 26.6. The van der Waals surface area contributed by atoms with Crippen molar-refractivity contribution in [1.82, 2.24) is 24.6 Å². The Morgan fingerprint density at radius 3 is 2.32 bits per heavy atom. The molecule has 0 spiro atoms. The molecule has 2 aromatic heterocycles. The molecule has 0 aliphatic heterocycles. The fraction of sp³-hybridized carbons (Fsp3) is 0.321. The molecule has 4 aromatic rings. The second kappa shape index (κ2) is 11.1. The van der Waals surface area contributed by atoms with Gasteiger partial charge in [0.25, 0.3) is 10.0 Å². The summed E-state index contributed by atoms with van der Waals surface area (Å²) in [5, 5.41) is 2.63. The molecule has 9 heteroatoms. The lowest BCUT2D eigenvalue weighted by Crippen LogP contribution is -2.40. The zero-order valence-electron chi connectivity index (χ0n) is 21.7. The van der Waals surface area contributed by atoms with E-state index >= 15 is 0 Å². The van der Waals surface area contributed by atoms with E-state index in [0.29, 0.717) is 13.0 Å². The van der Waals surface area contributed by atoms with Crippen LogP contribution in [0.15, 0.2) is 59.5 Å². The molecule has 2 heterocycles. The van der Waals surface area contributed by atoms with Crippen molar-refractivity contribution in [1.29, 1.82) is 0 Å². The van der Waals surface area contributed by atoms with E-state index in [1.165, 1.54) is 12.1 Å². The largest absolute Gasteiger partial charge is 0.337 e. The van der Waals surface area contributed by atoms with Crippen molar-refractivity contribution < 1.29 is 13.2 Å². The van der Waals surface area contributed by atoms with Gasteiger partial charge in [0.05, 0.1) is 4.90 Å². The van der Waals surface area contributed by atoms with E-state index in [1.54, 1.807) is 12.1 Å². The number of hydrogen-bond acceptors (Lipinski definition) is 5. The van der Waals surface area contributed by atoms with Gasteiger partial charge in [-0.25, -0.2) is 27.9 Å². The van der Waals surface area contributed by atoms with E-state index in [0.717, 1.165) is 64.3 Å². The number of amides is 2. The zero-order valence-corrected chi connectivity index (χ0v) is 22.5. The number of nitrogens with zero attached hydrogens (tertiary/aromatic N) is 3. The molecular weight excluding hydrogens is 486 g/mol. The Hall–Kier alpha value is -3.72. The molecule has 8 nitrogen and oxygen atoms in total. The third kappa shape index (κ3) is 6.17. The Morgan fingerprint density at radius 1 is 0.946 bits per heavy atom. The lowest BCUT2D eigenvalue weighted by molar-refractivity contribution is 0.246. The van der Waals surface area contributed by atoms with Crippen LogP contribution in [0.5, 0.6) is 0 Å². The lowest BCUT2D eigenvalue weighted by atomic mass is 10.1. The molecule has 0 atom stereocenters. The summed E-state index contributed by atoms with van der Waals surface area (Å²) in [6.07, 6.45) is 3.56. The number of imidazole rings is 1. The number of aryl methyl sites for hydroxylation is 4. The molecule has 0 fully saturated rings. The van der Waals surface area contributed by atoms with Crippen LogP contribution in [-0.2, 0) is 22.9 Å². The van der Waals surface area contributed by atoms with Crippen molar-refractivity contribution >= 4 is 27.2 Å². The Morgan fingerprint density at radius 2 is 1.65 bits per heavy atom. The highest BCUT2D eigenvalue weighted by atomic mass is 32.2. The fourth-order valence-corrected chi connectivity index (χ4v) is 5.17. The van der Waals surface area contributed by atoms with Crippen molar-refractivity contribution in [3.05, 3.63) is 82.8 Å². The molecule has 194 valence electrons. The molecule has 2 N–H and O–H groups in total. The van der Waals surface area contributed by atoms with Crippen LogP contribution >= 0.6 is 0 Å². The van der Waals surface area contributed by atoms with Crippen LogP contribution in [0.4, 0.5) is 4.79 Å². The Balaban J connectivity index is 1.43. The molecule has 2 aromatic carbocycles. The van der Waals surface area contributed by atoms with Crippen LogP contribution < -0.4 is 10.0 Å². The van der Waals surface area contributed by atoms with E-state index in [4.69, 9.17) is 9.97 Å². The highest BCUT2D eigenvalue weighted by Gasteiger charge is 2.18. The number of aromatic nitrogens is 3. The van der Waals surface area contributed by atoms with E-state index < -0.39 is 16.1 Å². The maximum atomic E-state index is 12.4. The second-order valence-corrected chi connectivity index (χ2v) is 11.0. The number of rotatable bonds is 9.